The lowest BCUT2D eigenvalue weighted by Crippen LogP contribution is -2.03. The normalized spacial score (nSPS) is 12.7. The van der Waals surface area contributed by atoms with Crippen LogP contribution in [-0.2, 0) is 9.53 Å². The fourth-order valence-electron chi connectivity index (χ4n) is 1.63. The molecule has 0 saturated heterocycles. The predicted molar refractivity (Wildman–Crippen MR) is 62.0 cm³/mol. The van der Waals surface area contributed by atoms with Crippen LogP contribution >= 0.6 is 11.3 Å². The van der Waals surface area contributed by atoms with Crippen molar-refractivity contribution in [3.8, 4) is 0 Å². The number of hydrogen-bond acceptors (Lipinski definition) is 3. The topological polar surface area (TPSA) is 26.3 Å². The lowest BCUT2D eigenvalue weighted by Gasteiger charge is -2.10. The molecule has 1 aromatic heterocycles. The van der Waals surface area contributed by atoms with Gasteiger partial charge in [-0.2, -0.15) is 0 Å². The number of hydrogen-bond donors (Lipinski definition) is 0. The summed E-state index contributed by atoms with van der Waals surface area (Å²) >= 11 is 1.68. The van der Waals surface area contributed by atoms with E-state index in [1.54, 1.807) is 11.3 Å². The highest BCUT2D eigenvalue weighted by molar-refractivity contribution is 7.17. The van der Waals surface area contributed by atoms with Crippen molar-refractivity contribution in [2.45, 2.75) is 20.0 Å². The first-order chi connectivity index (χ1) is 7.18. The van der Waals surface area contributed by atoms with Crippen molar-refractivity contribution in [1.29, 1.82) is 0 Å². The molecular formula is C12H12O2S. The second-order valence-corrected chi connectivity index (χ2v) is 4.35. The molecular weight excluding hydrogens is 208 g/mol. The summed E-state index contributed by atoms with van der Waals surface area (Å²) in [7, 11) is 0. The Balaban J connectivity index is 2.39. The summed E-state index contributed by atoms with van der Waals surface area (Å²) in [5, 5.41) is 3.23. The monoisotopic (exact) mass is 220 g/mol. The molecule has 2 rings (SSSR count). The van der Waals surface area contributed by atoms with E-state index in [9.17, 15) is 4.79 Å². The van der Waals surface area contributed by atoms with E-state index >= 15 is 0 Å². The summed E-state index contributed by atoms with van der Waals surface area (Å²) in [6.07, 6.45) is -0.168. The summed E-state index contributed by atoms with van der Waals surface area (Å²) in [6, 6.07) is 8.14. The minimum atomic E-state index is -0.238. The lowest BCUT2D eigenvalue weighted by molar-refractivity contribution is -0.145. The van der Waals surface area contributed by atoms with Crippen LogP contribution in [0.2, 0.25) is 0 Å². The van der Waals surface area contributed by atoms with Crippen LogP contribution in [0.4, 0.5) is 0 Å². The van der Waals surface area contributed by atoms with E-state index < -0.39 is 0 Å². The van der Waals surface area contributed by atoms with Crippen molar-refractivity contribution in [2.24, 2.45) is 0 Å². The zero-order valence-corrected chi connectivity index (χ0v) is 9.51. The molecule has 2 aromatic rings. The third-order valence-electron chi connectivity index (χ3n) is 2.29. The van der Waals surface area contributed by atoms with Gasteiger partial charge in [0.1, 0.15) is 6.10 Å². The van der Waals surface area contributed by atoms with E-state index in [1.807, 2.05) is 19.1 Å². The van der Waals surface area contributed by atoms with Gasteiger partial charge in [-0.3, -0.25) is 4.79 Å². The fourth-order valence-corrected chi connectivity index (χ4v) is 2.67. The van der Waals surface area contributed by atoms with E-state index in [4.69, 9.17) is 4.74 Å². The molecule has 0 aliphatic rings. The summed E-state index contributed by atoms with van der Waals surface area (Å²) in [5.41, 5.74) is 1.09. The quantitative estimate of drug-likeness (QED) is 0.724. The van der Waals surface area contributed by atoms with Gasteiger partial charge in [-0.25, -0.2) is 0 Å². The first-order valence-corrected chi connectivity index (χ1v) is 5.70. The highest BCUT2D eigenvalue weighted by Gasteiger charge is 2.13. The molecule has 1 aromatic carbocycles. The van der Waals surface area contributed by atoms with Gasteiger partial charge in [-0.15, -0.1) is 11.3 Å². The number of thiophene rings is 1. The Labute approximate surface area is 92.5 Å². The standard InChI is InChI=1S/C12H12O2S/c1-8(14-9(2)13)11-7-15-12-6-4-3-5-10(11)12/h3-8H,1-2H3/t8-/m0/s1. The Morgan fingerprint density at radius 3 is 2.87 bits per heavy atom. The minimum Gasteiger partial charge on any atom is -0.458 e. The molecule has 2 nitrogen and oxygen atoms in total. The molecule has 0 aliphatic carbocycles. The van der Waals surface area contributed by atoms with Crippen molar-refractivity contribution in [2.75, 3.05) is 0 Å². The van der Waals surface area contributed by atoms with Gasteiger partial charge in [0, 0.05) is 17.2 Å². The second kappa shape index (κ2) is 4.03. The number of esters is 1. The fraction of sp³-hybridized carbons (Fsp3) is 0.250. The summed E-state index contributed by atoms with van der Waals surface area (Å²) in [5.74, 6) is -0.238. The van der Waals surface area contributed by atoms with Crippen LogP contribution in [0.3, 0.4) is 0 Å². The number of carbonyl (C=O) groups is 1. The van der Waals surface area contributed by atoms with Crippen LogP contribution < -0.4 is 0 Å². The smallest absolute Gasteiger partial charge is 0.303 e. The zero-order chi connectivity index (χ0) is 10.8. The molecule has 0 N–H and O–H groups in total. The zero-order valence-electron chi connectivity index (χ0n) is 8.69. The van der Waals surface area contributed by atoms with Crippen LogP contribution in [0.1, 0.15) is 25.5 Å². The van der Waals surface area contributed by atoms with E-state index in [1.165, 1.54) is 17.0 Å². The number of rotatable bonds is 2. The van der Waals surface area contributed by atoms with Crippen LogP contribution in [0.25, 0.3) is 10.1 Å². The van der Waals surface area contributed by atoms with E-state index in [0.29, 0.717) is 0 Å². The van der Waals surface area contributed by atoms with Gasteiger partial charge in [-0.05, 0) is 23.8 Å². The molecule has 78 valence electrons. The average molecular weight is 220 g/mol. The van der Waals surface area contributed by atoms with Crippen LogP contribution in [-0.4, -0.2) is 5.97 Å². The van der Waals surface area contributed by atoms with Gasteiger partial charge in [0.15, 0.2) is 0 Å². The highest BCUT2D eigenvalue weighted by atomic mass is 32.1. The van der Waals surface area contributed by atoms with E-state index in [-0.39, 0.29) is 12.1 Å². The van der Waals surface area contributed by atoms with E-state index in [2.05, 4.69) is 17.5 Å². The van der Waals surface area contributed by atoms with Crippen LogP contribution in [0, 0.1) is 0 Å². The number of carbonyl (C=O) groups excluding carboxylic acids is 1. The van der Waals surface area contributed by atoms with Gasteiger partial charge in [-0.1, -0.05) is 18.2 Å². The maximum absolute atomic E-state index is 10.9. The molecule has 0 aliphatic heterocycles. The highest BCUT2D eigenvalue weighted by Crippen LogP contribution is 2.31. The van der Waals surface area contributed by atoms with Gasteiger partial charge >= 0.3 is 5.97 Å². The largest absolute Gasteiger partial charge is 0.458 e. The molecule has 0 amide bonds. The SMILES string of the molecule is CC(=O)O[C@@H](C)c1csc2ccccc12. The van der Waals surface area contributed by atoms with Crippen molar-refractivity contribution in [3.05, 3.63) is 35.2 Å². The maximum Gasteiger partial charge on any atom is 0.303 e. The molecule has 0 bridgehead atoms. The molecule has 1 atom stereocenters. The Kier molecular flexibility index (Phi) is 2.73. The Bertz CT molecular complexity index is 487. The number of benzene rings is 1. The predicted octanol–water partition coefficient (Wildman–Crippen LogP) is 3.53. The lowest BCUT2D eigenvalue weighted by atomic mass is 10.1. The van der Waals surface area contributed by atoms with Crippen molar-refractivity contribution in [3.63, 3.8) is 0 Å². The van der Waals surface area contributed by atoms with Crippen LogP contribution in [0.5, 0.6) is 0 Å². The molecule has 1 heterocycles. The first-order valence-electron chi connectivity index (χ1n) is 4.82. The second-order valence-electron chi connectivity index (χ2n) is 3.44. The van der Waals surface area contributed by atoms with Gasteiger partial charge < -0.3 is 4.74 Å². The molecule has 15 heavy (non-hydrogen) atoms. The molecule has 3 heteroatoms. The van der Waals surface area contributed by atoms with Gasteiger partial charge in [0.2, 0.25) is 0 Å². The Morgan fingerprint density at radius 2 is 2.13 bits per heavy atom. The maximum atomic E-state index is 10.9. The Hall–Kier alpha value is -1.35. The number of ether oxygens (including phenoxy) is 1. The third kappa shape index (κ3) is 2.02. The third-order valence-corrected chi connectivity index (χ3v) is 3.27. The molecule has 0 saturated carbocycles. The average Bonchev–Trinajstić information content (AvgIpc) is 2.59. The molecule has 0 fully saturated rings. The molecule has 0 radical (unpaired) electrons. The van der Waals surface area contributed by atoms with Crippen molar-refractivity contribution < 1.29 is 9.53 Å². The van der Waals surface area contributed by atoms with Crippen molar-refractivity contribution in [1.82, 2.24) is 0 Å². The van der Waals surface area contributed by atoms with E-state index in [0.717, 1.165) is 5.56 Å². The van der Waals surface area contributed by atoms with Gasteiger partial charge in [0.25, 0.3) is 0 Å². The molecule has 0 spiro atoms. The van der Waals surface area contributed by atoms with Crippen LogP contribution in [0.15, 0.2) is 29.6 Å². The van der Waals surface area contributed by atoms with Crippen molar-refractivity contribution >= 4 is 27.4 Å². The van der Waals surface area contributed by atoms with Gasteiger partial charge in [0.05, 0.1) is 0 Å². The molecule has 0 unspecified atom stereocenters. The summed E-state index contributed by atoms with van der Waals surface area (Å²) in [6.45, 7) is 3.33. The summed E-state index contributed by atoms with van der Waals surface area (Å²) < 4.78 is 6.40. The summed E-state index contributed by atoms with van der Waals surface area (Å²) in [4.78, 5) is 10.9. The number of fused-ring (bicyclic) bond motifs is 1. The Morgan fingerprint density at radius 1 is 1.40 bits per heavy atom. The first kappa shape index (κ1) is 10.2. The minimum absolute atomic E-state index is 0.168.